The lowest BCUT2D eigenvalue weighted by molar-refractivity contribution is 0.0695. The quantitative estimate of drug-likeness (QED) is 0.799. The monoisotopic (exact) mass is 222 g/mol. The summed E-state index contributed by atoms with van der Waals surface area (Å²) in [4.78, 5) is 28.4. The molecule has 0 saturated carbocycles. The molecular formula is C9H6N2O3S. The van der Waals surface area contributed by atoms with Crippen LogP contribution in [0.15, 0.2) is 27.8 Å². The Morgan fingerprint density at radius 3 is 2.80 bits per heavy atom. The number of carboxylic acid groups (broad SMARTS) is 1. The number of carboxylic acids is 1. The Balaban J connectivity index is 2.52. The minimum atomic E-state index is -1.24. The highest BCUT2D eigenvalue weighted by atomic mass is 32.1. The fourth-order valence-corrected chi connectivity index (χ4v) is 1.69. The molecule has 0 unspecified atom stereocenters. The normalized spacial score (nSPS) is 10.1. The molecule has 0 amide bonds. The first-order chi connectivity index (χ1) is 7.18. The van der Waals surface area contributed by atoms with Crippen molar-refractivity contribution in [3.05, 3.63) is 38.9 Å². The van der Waals surface area contributed by atoms with E-state index < -0.39 is 11.5 Å². The van der Waals surface area contributed by atoms with Gasteiger partial charge in [0.05, 0.1) is 16.9 Å². The van der Waals surface area contributed by atoms with Crippen LogP contribution in [-0.2, 0) is 0 Å². The van der Waals surface area contributed by atoms with Crippen LogP contribution in [0.3, 0.4) is 0 Å². The number of hydrogen-bond acceptors (Lipinski definition) is 4. The highest BCUT2D eigenvalue weighted by Gasteiger charge is 2.09. The second-order valence-corrected chi connectivity index (χ2v) is 3.51. The molecule has 2 aromatic heterocycles. The van der Waals surface area contributed by atoms with E-state index in [1.807, 2.05) is 0 Å². The SMILES string of the molecule is O=C(O)c1ccc(-c2cscn2)[nH]c1=O. The molecule has 0 fully saturated rings. The van der Waals surface area contributed by atoms with Gasteiger partial charge in [0.15, 0.2) is 0 Å². The lowest BCUT2D eigenvalue weighted by Crippen LogP contribution is -2.17. The number of aromatic amines is 1. The Morgan fingerprint density at radius 1 is 1.47 bits per heavy atom. The first-order valence-electron chi connectivity index (χ1n) is 4.03. The van der Waals surface area contributed by atoms with Crippen LogP contribution in [0.2, 0.25) is 0 Å². The zero-order chi connectivity index (χ0) is 10.8. The van der Waals surface area contributed by atoms with Crippen LogP contribution < -0.4 is 5.56 Å². The number of pyridine rings is 1. The second kappa shape index (κ2) is 3.66. The molecule has 0 atom stereocenters. The van der Waals surface area contributed by atoms with Gasteiger partial charge in [-0.15, -0.1) is 11.3 Å². The van der Waals surface area contributed by atoms with Gasteiger partial charge in [0.25, 0.3) is 5.56 Å². The zero-order valence-corrected chi connectivity index (χ0v) is 8.25. The van der Waals surface area contributed by atoms with E-state index in [0.717, 1.165) is 0 Å². The largest absolute Gasteiger partial charge is 0.477 e. The van der Waals surface area contributed by atoms with E-state index in [1.165, 1.54) is 23.5 Å². The first-order valence-corrected chi connectivity index (χ1v) is 4.98. The number of nitrogens with one attached hydrogen (secondary N) is 1. The summed E-state index contributed by atoms with van der Waals surface area (Å²) in [5, 5.41) is 10.4. The van der Waals surface area contributed by atoms with Crippen molar-refractivity contribution in [1.29, 1.82) is 0 Å². The second-order valence-electron chi connectivity index (χ2n) is 2.79. The van der Waals surface area contributed by atoms with Gasteiger partial charge in [0, 0.05) is 5.38 Å². The van der Waals surface area contributed by atoms with Gasteiger partial charge in [-0.2, -0.15) is 0 Å². The van der Waals surface area contributed by atoms with Gasteiger partial charge < -0.3 is 10.1 Å². The smallest absolute Gasteiger partial charge is 0.341 e. The highest BCUT2D eigenvalue weighted by molar-refractivity contribution is 7.07. The van der Waals surface area contributed by atoms with Crippen LogP contribution in [0, 0.1) is 0 Å². The van der Waals surface area contributed by atoms with Crippen LogP contribution in [0.25, 0.3) is 11.4 Å². The molecule has 5 nitrogen and oxygen atoms in total. The van der Waals surface area contributed by atoms with Gasteiger partial charge in [0.1, 0.15) is 5.56 Å². The molecule has 0 spiro atoms. The van der Waals surface area contributed by atoms with E-state index in [4.69, 9.17) is 5.11 Å². The highest BCUT2D eigenvalue weighted by Crippen LogP contribution is 2.14. The number of carbonyl (C=O) groups is 1. The summed E-state index contributed by atoms with van der Waals surface area (Å²) < 4.78 is 0. The van der Waals surface area contributed by atoms with Crippen molar-refractivity contribution in [2.75, 3.05) is 0 Å². The summed E-state index contributed by atoms with van der Waals surface area (Å²) in [7, 11) is 0. The van der Waals surface area contributed by atoms with Gasteiger partial charge in [-0.05, 0) is 12.1 Å². The number of thiazole rings is 1. The molecule has 2 rings (SSSR count). The van der Waals surface area contributed by atoms with E-state index in [9.17, 15) is 9.59 Å². The van der Waals surface area contributed by atoms with E-state index >= 15 is 0 Å². The molecule has 0 aliphatic rings. The maximum atomic E-state index is 11.3. The maximum absolute atomic E-state index is 11.3. The molecule has 2 N–H and O–H groups in total. The van der Waals surface area contributed by atoms with Crippen molar-refractivity contribution in [3.63, 3.8) is 0 Å². The van der Waals surface area contributed by atoms with E-state index in [2.05, 4.69) is 9.97 Å². The number of aromatic carboxylic acids is 1. The molecule has 2 heterocycles. The lowest BCUT2D eigenvalue weighted by Gasteiger charge is -1.97. The third-order valence-corrected chi connectivity index (χ3v) is 2.43. The maximum Gasteiger partial charge on any atom is 0.341 e. The number of hydrogen-bond donors (Lipinski definition) is 2. The van der Waals surface area contributed by atoms with Crippen LogP contribution in [-0.4, -0.2) is 21.0 Å². The van der Waals surface area contributed by atoms with Gasteiger partial charge in [0.2, 0.25) is 0 Å². The van der Waals surface area contributed by atoms with E-state index in [1.54, 1.807) is 10.9 Å². The van der Waals surface area contributed by atoms with Crippen molar-refractivity contribution >= 4 is 17.3 Å². The van der Waals surface area contributed by atoms with Crippen molar-refractivity contribution in [3.8, 4) is 11.4 Å². The standard InChI is InChI=1S/C9H6N2O3S/c12-8-5(9(13)14)1-2-6(11-8)7-3-15-4-10-7/h1-4H,(H,11,12)(H,13,14). The Bertz CT molecular complexity index is 545. The van der Waals surface area contributed by atoms with Crippen LogP contribution in [0.1, 0.15) is 10.4 Å². The van der Waals surface area contributed by atoms with Crippen LogP contribution >= 0.6 is 11.3 Å². The summed E-state index contributed by atoms with van der Waals surface area (Å²) in [6.45, 7) is 0. The minimum Gasteiger partial charge on any atom is -0.477 e. The number of nitrogens with zero attached hydrogens (tertiary/aromatic N) is 1. The molecule has 2 aromatic rings. The predicted molar refractivity (Wildman–Crippen MR) is 55.1 cm³/mol. The zero-order valence-electron chi connectivity index (χ0n) is 7.43. The fourth-order valence-electron chi connectivity index (χ4n) is 1.14. The summed E-state index contributed by atoms with van der Waals surface area (Å²) in [6, 6.07) is 2.80. The molecule has 15 heavy (non-hydrogen) atoms. The van der Waals surface area contributed by atoms with Gasteiger partial charge in [-0.25, -0.2) is 9.78 Å². The Hall–Kier alpha value is -1.95. The van der Waals surface area contributed by atoms with Crippen molar-refractivity contribution < 1.29 is 9.90 Å². The molecule has 0 aliphatic carbocycles. The van der Waals surface area contributed by atoms with Gasteiger partial charge in [-0.3, -0.25) is 4.79 Å². The average Bonchev–Trinajstić information content (AvgIpc) is 2.69. The third kappa shape index (κ3) is 1.79. The summed E-state index contributed by atoms with van der Waals surface area (Å²) in [5.41, 5.74) is 1.90. The van der Waals surface area contributed by atoms with E-state index in [-0.39, 0.29) is 5.56 Å². The van der Waals surface area contributed by atoms with Crippen LogP contribution in [0.5, 0.6) is 0 Å². The Kier molecular flexibility index (Phi) is 2.34. The summed E-state index contributed by atoms with van der Waals surface area (Å²) in [5.74, 6) is -1.24. The lowest BCUT2D eigenvalue weighted by atomic mass is 10.2. The summed E-state index contributed by atoms with van der Waals surface area (Å²) >= 11 is 1.40. The van der Waals surface area contributed by atoms with Crippen molar-refractivity contribution in [2.24, 2.45) is 0 Å². The van der Waals surface area contributed by atoms with Gasteiger partial charge >= 0.3 is 5.97 Å². The number of H-pyrrole nitrogens is 1. The molecule has 76 valence electrons. The van der Waals surface area contributed by atoms with Gasteiger partial charge in [-0.1, -0.05) is 0 Å². The van der Waals surface area contributed by atoms with Crippen molar-refractivity contribution in [2.45, 2.75) is 0 Å². The number of aromatic nitrogens is 2. The summed E-state index contributed by atoms with van der Waals surface area (Å²) in [6.07, 6.45) is 0. The molecule has 0 aliphatic heterocycles. The van der Waals surface area contributed by atoms with E-state index in [0.29, 0.717) is 11.4 Å². The number of rotatable bonds is 2. The third-order valence-electron chi connectivity index (χ3n) is 1.85. The Morgan fingerprint density at radius 2 is 2.27 bits per heavy atom. The van der Waals surface area contributed by atoms with Crippen molar-refractivity contribution in [1.82, 2.24) is 9.97 Å². The molecule has 0 bridgehead atoms. The topological polar surface area (TPSA) is 83.0 Å². The molecule has 0 saturated heterocycles. The first kappa shape index (κ1) is 9.60. The Labute approximate surface area is 88.1 Å². The molecular weight excluding hydrogens is 216 g/mol. The molecule has 0 aromatic carbocycles. The van der Waals surface area contributed by atoms with Crippen LogP contribution in [0.4, 0.5) is 0 Å². The minimum absolute atomic E-state index is 0.269. The average molecular weight is 222 g/mol. The fraction of sp³-hybridized carbons (Fsp3) is 0. The molecule has 6 heteroatoms. The molecule has 0 radical (unpaired) electrons. The predicted octanol–water partition coefficient (Wildman–Crippen LogP) is 1.20.